The molecule has 0 aliphatic carbocycles. The highest BCUT2D eigenvalue weighted by atomic mass is 15.0. The summed E-state index contributed by atoms with van der Waals surface area (Å²) in [5.41, 5.74) is 3.44. The fourth-order valence-corrected chi connectivity index (χ4v) is 1.12. The van der Waals surface area contributed by atoms with Gasteiger partial charge < -0.3 is 0 Å². The topological polar surface area (TPSA) is 3.01 Å². The first-order chi connectivity index (χ1) is 6.54. The maximum atomic E-state index is 4.03. The minimum Gasteiger partial charge on any atom is -0.202 e. The first-order valence-corrected chi connectivity index (χ1v) is 4.72. The van der Waals surface area contributed by atoms with Gasteiger partial charge in [0.2, 0.25) is 5.70 Å². The summed E-state index contributed by atoms with van der Waals surface area (Å²) in [5.74, 6) is 0. The molecule has 0 aliphatic rings. The van der Waals surface area contributed by atoms with E-state index >= 15 is 0 Å². The van der Waals surface area contributed by atoms with Crippen molar-refractivity contribution < 1.29 is 4.58 Å². The predicted octanol–water partition coefficient (Wildman–Crippen LogP) is 3.31. The van der Waals surface area contributed by atoms with Crippen molar-refractivity contribution in [3.63, 3.8) is 0 Å². The number of hydrogen-bond donors (Lipinski definition) is 0. The Morgan fingerprint density at radius 3 is 2.29 bits per heavy atom. The Morgan fingerprint density at radius 1 is 1.29 bits per heavy atom. The Morgan fingerprint density at radius 2 is 1.86 bits per heavy atom. The van der Waals surface area contributed by atoms with Crippen LogP contribution in [0.3, 0.4) is 0 Å². The lowest BCUT2D eigenvalue weighted by molar-refractivity contribution is -0.433. The molecule has 0 aromatic rings. The van der Waals surface area contributed by atoms with Crippen molar-refractivity contribution in [3.8, 4) is 0 Å². The van der Waals surface area contributed by atoms with Crippen molar-refractivity contribution in [3.05, 3.63) is 48.2 Å². The SMILES string of the molecule is C=CC=[N+](C)C(=C)/C(C)=C(C)/C=C\C. The molecular weight excluding hydrogens is 170 g/mol. The van der Waals surface area contributed by atoms with Crippen LogP contribution in [0.25, 0.3) is 0 Å². The molecule has 14 heavy (non-hydrogen) atoms. The number of nitrogens with zero attached hydrogens (tertiary/aromatic N) is 1. The maximum Gasteiger partial charge on any atom is 0.200 e. The third kappa shape index (κ3) is 3.56. The third-order valence-corrected chi connectivity index (χ3v) is 2.20. The highest BCUT2D eigenvalue weighted by Crippen LogP contribution is 2.13. The lowest BCUT2D eigenvalue weighted by Gasteiger charge is -2.03. The van der Waals surface area contributed by atoms with E-state index in [1.807, 2.05) is 30.8 Å². The van der Waals surface area contributed by atoms with Gasteiger partial charge in [0, 0.05) is 5.57 Å². The molecule has 0 N–H and O–H groups in total. The van der Waals surface area contributed by atoms with Gasteiger partial charge in [-0.3, -0.25) is 0 Å². The van der Waals surface area contributed by atoms with E-state index in [1.54, 1.807) is 6.08 Å². The fraction of sp³-hybridized carbons (Fsp3) is 0.308. The Balaban J connectivity index is 4.96. The Bertz CT molecular complexity index is 314. The van der Waals surface area contributed by atoms with Crippen LogP contribution in [-0.2, 0) is 0 Å². The first kappa shape index (κ1) is 12.6. The van der Waals surface area contributed by atoms with Crippen molar-refractivity contribution in [2.24, 2.45) is 0 Å². The van der Waals surface area contributed by atoms with E-state index in [4.69, 9.17) is 0 Å². The molecule has 0 amide bonds. The summed E-state index contributed by atoms with van der Waals surface area (Å²) < 4.78 is 1.97. The average Bonchev–Trinajstić information content (AvgIpc) is 2.16. The molecule has 1 heteroatoms. The van der Waals surface area contributed by atoms with Gasteiger partial charge in [-0.25, -0.2) is 4.58 Å². The summed E-state index contributed by atoms with van der Waals surface area (Å²) in [6, 6.07) is 0. The van der Waals surface area contributed by atoms with Crippen LogP contribution in [0.1, 0.15) is 20.8 Å². The molecule has 0 unspecified atom stereocenters. The van der Waals surface area contributed by atoms with Gasteiger partial charge in [0.05, 0.1) is 0 Å². The number of hydrogen-bond acceptors (Lipinski definition) is 0. The lowest BCUT2D eigenvalue weighted by atomic mass is 10.1. The van der Waals surface area contributed by atoms with E-state index in [9.17, 15) is 0 Å². The van der Waals surface area contributed by atoms with E-state index in [0.717, 1.165) is 5.70 Å². The molecule has 0 saturated heterocycles. The first-order valence-electron chi connectivity index (χ1n) is 4.72. The molecule has 0 atom stereocenters. The van der Waals surface area contributed by atoms with E-state index in [1.165, 1.54) is 11.1 Å². The zero-order chi connectivity index (χ0) is 11.1. The Labute approximate surface area is 87.5 Å². The molecule has 0 fully saturated rings. The minimum absolute atomic E-state index is 1.00. The van der Waals surface area contributed by atoms with Crippen molar-refractivity contribution >= 4 is 6.21 Å². The largest absolute Gasteiger partial charge is 0.202 e. The van der Waals surface area contributed by atoms with Gasteiger partial charge in [-0.1, -0.05) is 18.7 Å². The third-order valence-electron chi connectivity index (χ3n) is 2.20. The maximum absolute atomic E-state index is 4.03. The van der Waals surface area contributed by atoms with Crippen LogP contribution in [0.4, 0.5) is 0 Å². The second-order valence-electron chi connectivity index (χ2n) is 3.25. The highest BCUT2D eigenvalue weighted by Gasteiger charge is 2.07. The molecule has 0 aliphatic heterocycles. The van der Waals surface area contributed by atoms with Gasteiger partial charge in [-0.15, -0.1) is 0 Å². The van der Waals surface area contributed by atoms with Gasteiger partial charge in [0.25, 0.3) is 0 Å². The Kier molecular flexibility index (Phi) is 5.54. The monoisotopic (exact) mass is 190 g/mol. The van der Waals surface area contributed by atoms with Gasteiger partial charge in [0.1, 0.15) is 7.05 Å². The standard InChI is InChI=1S/C13H20N/c1-7-9-11(3)12(4)13(5)14(6)10-8-2/h7-10H,2,5H2,1,3-4,6H3/q+1/b9-7-,12-11+,14-10?. The minimum atomic E-state index is 1.00. The summed E-state index contributed by atoms with van der Waals surface area (Å²) in [6.07, 6.45) is 7.77. The summed E-state index contributed by atoms with van der Waals surface area (Å²) in [4.78, 5) is 0. The lowest BCUT2D eigenvalue weighted by Crippen LogP contribution is -2.06. The van der Waals surface area contributed by atoms with E-state index < -0.39 is 0 Å². The van der Waals surface area contributed by atoms with E-state index in [2.05, 4.69) is 33.1 Å². The van der Waals surface area contributed by atoms with Crippen LogP contribution >= 0.6 is 0 Å². The summed E-state index contributed by atoms with van der Waals surface area (Å²) in [5, 5.41) is 0. The molecular formula is C13H20N+. The Hall–Kier alpha value is -1.37. The molecule has 0 rings (SSSR count). The molecule has 0 radical (unpaired) electrons. The predicted molar refractivity (Wildman–Crippen MR) is 64.8 cm³/mol. The van der Waals surface area contributed by atoms with Crippen LogP contribution in [-0.4, -0.2) is 17.8 Å². The van der Waals surface area contributed by atoms with Gasteiger partial charge in [-0.2, -0.15) is 0 Å². The zero-order valence-electron chi connectivity index (χ0n) is 9.67. The highest BCUT2D eigenvalue weighted by molar-refractivity contribution is 5.65. The van der Waals surface area contributed by atoms with Gasteiger partial charge in [-0.05, 0) is 39.0 Å². The van der Waals surface area contributed by atoms with Gasteiger partial charge >= 0.3 is 0 Å². The van der Waals surface area contributed by atoms with E-state index in [0.29, 0.717) is 0 Å². The molecule has 1 nitrogen and oxygen atoms in total. The van der Waals surface area contributed by atoms with Crippen molar-refractivity contribution in [2.45, 2.75) is 20.8 Å². The molecule has 0 heterocycles. The summed E-state index contributed by atoms with van der Waals surface area (Å²) >= 11 is 0. The molecule has 0 spiro atoms. The average molecular weight is 190 g/mol. The fourth-order valence-electron chi connectivity index (χ4n) is 1.12. The number of allylic oxidation sites excluding steroid dienone is 5. The van der Waals surface area contributed by atoms with Crippen molar-refractivity contribution in [2.75, 3.05) is 7.05 Å². The zero-order valence-corrected chi connectivity index (χ0v) is 9.67. The quantitative estimate of drug-likeness (QED) is 0.363. The van der Waals surface area contributed by atoms with Crippen LogP contribution in [0.5, 0.6) is 0 Å². The van der Waals surface area contributed by atoms with E-state index in [-0.39, 0.29) is 0 Å². The van der Waals surface area contributed by atoms with Crippen LogP contribution in [0.2, 0.25) is 0 Å². The second-order valence-corrected chi connectivity index (χ2v) is 3.25. The van der Waals surface area contributed by atoms with Crippen molar-refractivity contribution in [1.29, 1.82) is 0 Å². The molecule has 76 valence electrons. The summed E-state index contributed by atoms with van der Waals surface area (Å²) in [7, 11) is 1.97. The number of likely N-dealkylation sites (N-methyl/N-ethyl adjacent to an activating group) is 1. The molecule has 0 saturated carbocycles. The van der Waals surface area contributed by atoms with Crippen LogP contribution < -0.4 is 0 Å². The van der Waals surface area contributed by atoms with Crippen LogP contribution in [0, 0.1) is 0 Å². The molecule has 0 bridgehead atoms. The number of rotatable bonds is 4. The summed E-state index contributed by atoms with van der Waals surface area (Å²) in [6.45, 7) is 13.9. The van der Waals surface area contributed by atoms with Crippen LogP contribution in [0.15, 0.2) is 48.2 Å². The molecule has 0 aromatic carbocycles. The normalized spacial score (nSPS) is 14.1. The van der Waals surface area contributed by atoms with Gasteiger partial charge in [0.15, 0.2) is 6.21 Å². The van der Waals surface area contributed by atoms with Crippen molar-refractivity contribution in [1.82, 2.24) is 0 Å². The second kappa shape index (κ2) is 6.14. The smallest absolute Gasteiger partial charge is 0.200 e. The molecule has 0 aromatic heterocycles.